The Balaban J connectivity index is 1.42. The van der Waals surface area contributed by atoms with Crippen molar-refractivity contribution >= 4 is 34.7 Å². The minimum atomic E-state index is -0.255. The average molecular weight is 424 g/mol. The van der Waals surface area contributed by atoms with Crippen molar-refractivity contribution in [3.8, 4) is 0 Å². The summed E-state index contributed by atoms with van der Waals surface area (Å²) in [7, 11) is 0. The Morgan fingerprint density at radius 1 is 1.03 bits per heavy atom. The second kappa shape index (κ2) is 8.50. The molecule has 0 saturated carbocycles. The van der Waals surface area contributed by atoms with Crippen LogP contribution in [0.3, 0.4) is 0 Å². The van der Waals surface area contributed by atoms with Gasteiger partial charge in [-0.05, 0) is 30.5 Å². The summed E-state index contributed by atoms with van der Waals surface area (Å²) in [6.07, 6.45) is 0. The molecule has 0 unspecified atom stereocenters. The van der Waals surface area contributed by atoms with Gasteiger partial charge in [0.1, 0.15) is 0 Å². The zero-order valence-electron chi connectivity index (χ0n) is 16.3. The van der Waals surface area contributed by atoms with Gasteiger partial charge >= 0.3 is 0 Å². The molecule has 0 spiro atoms. The minimum absolute atomic E-state index is 0.182. The van der Waals surface area contributed by atoms with E-state index in [1.54, 1.807) is 58.5 Å². The maximum atomic E-state index is 13.1. The number of nitrogens with zero attached hydrogens (tertiary/aromatic N) is 3. The van der Waals surface area contributed by atoms with Gasteiger partial charge in [-0.1, -0.05) is 17.3 Å². The van der Waals surface area contributed by atoms with Crippen LogP contribution < -0.4 is 5.32 Å². The number of aryl methyl sites for hydroxylation is 1. The first kappa shape index (κ1) is 19.8. The molecule has 0 aliphatic carbocycles. The number of anilines is 1. The van der Waals surface area contributed by atoms with Crippen molar-refractivity contribution in [2.75, 3.05) is 31.5 Å². The molecular weight excluding hydrogens is 404 g/mol. The van der Waals surface area contributed by atoms with E-state index in [1.165, 1.54) is 11.3 Å². The zero-order chi connectivity index (χ0) is 21.1. The van der Waals surface area contributed by atoms with Gasteiger partial charge in [-0.25, -0.2) is 0 Å². The van der Waals surface area contributed by atoms with E-state index in [4.69, 9.17) is 4.52 Å². The van der Waals surface area contributed by atoms with E-state index >= 15 is 0 Å². The monoisotopic (exact) mass is 424 g/mol. The van der Waals surface area contributed by atoms with Crippen LogP contribution in [0.4, 0.5) is 5.69 Å². The summed E-state index contributed by atoms with van der Waals surface area (Å²) in [4.78, 5) is 41.3. The number of amides is 3. The predicted octanol–water partition coefficient (Wildman–Crippen LogP) is 2.90. The Kier molecular flexibility index (Phi) is 5.62. The topological polar surface area (TPSA) is 95.8 Å². The van der Waals surface area contributed by atoms with Crippen LogP contribution in [0.5, 0.6) is 0 Å². The van der Waals surface area contributed by atoms with E-state index in [9.17, 15) is 14.4 Å². The minimum Gasteiger partial charge on any atom is -0.351 e. The molecular formula is C21H20N4O4S. The van der Waals surface area contributed by atoms with E-state index in [2.05, 4.69) is 10.5 Å². The molecule has 1 fully saturated rings. The maximum absolute atomic E-state index is 13.1. The van der Waals surface area contributed by atoms with Crippen LogP contribution in [0, 0.1) is 6.92 Å². The van der Waals surface area contributed by atoms with Crippen LogP contribution >= 0.6 is 11.3 Å². The van der Waals surface area contributed by atoms with Crippen molar-refractivity contribution in [3.63, 3.8) is 0 Å². The van der Waals surface area contributed by atoms with Gasteiger partial charge < -0.3 is 19.6 Å². The number of aromatic nitrogens is 1. The zero-order valence-corrected chi connectivity index (χ0v) is 17.1. The number of carbonyl (C=O) groups is 3. The third-order valence-electron chi connectivity index (χ3n) is 4.88. The van der Waals surface area contributed by atoms with Crippen LogP contribution in [-0.4, -0.2) is 58.9 Å². The summed E-state index contributed by atoms with van der Waals surface area (Å²) in [5.74, 6) is -0.465. The Morgan fingerprint density at radius 3 is 2.37 bits per heavy atom. The van der Waals surface area contributed by atoms with E-state index in [0.717, 1.165) is 0 Å². The number of rotatable bonds is 4. The molecule has 30 heavy (non-hydrogen) atoms. The number of benzene rings is 1. The van der Waals surface area contributed by atoms with Crippen molar-refractivity contribution in [2.45, 2.75) is 6.92 Å². The fourth-order valence-electron chi connectivity index (χ4n) is 3.27. The number of piperazine rings is 1. The number of hydrogen-bond donors (Lipinski definition) is 1. The van der Waals surface area contributed by atoms with Crippen molar-refractivity contribution < 1.29 is 18.9 Å². The molecule has 4 rings (SSSR count). The van der Waals surface area contributed by atoms with E-state index < -0.39 is 0 Å². The molecule has 3 heterocycles. The highest BCUT2D eigenvalue weighted by atomic mass is 32.1. The van der Waals surface area contributed by atoms with Crippen molar-refractivity contribution in [3.05, 3.63) is 69.7 Å². The maximum Gasteiger partial charge on any atom is 0.292 e. The molecule has 1 aliphatic rings. The summed E-state index contributed by atoms with van der Waals surface area (Å²) in [5, 5.41) is 10.1. The molecule has 0 atom stereocenters. The highest BCUT2D eigenvalue weighted by Gasteiger charge is 2.28. The SMILES string of the molecule is Cc1cc(C(=O)N2CCN(C(=O)c3ccccc3NC(=O)c3ccsc3)CC2)on1. The molecule has 0 bridgehead atoms. The van der Waals surface area contributed by atoms with E-state index in [-0.39, 0.29) is 23.5 Å². The molecule has 0 radical (unpaired) electrons. The fraction of sp³-hybridized carbons (Fsp3) is 0.238. The molecule has 2 aromatic heterocycles. The molecule has 8 nitrogen and oxygen atoms in total. The first-order chi connectivity index (χ1) is 14.5. The van der Waals surface area contributed by atoms with Gasteiger partial charge in [0.15, 0.2) is 0 Å². The van der Waals surface area contributed by atoms with Crippen LogP contribution in [-0.2, 0) is 0 Å². The average Bonchev–Trinajstić information content (AvgIpc) is 3.45. The lowest BCUT2D eigenvalue weighted by molar-refractivity contribution is 0.0513. The fourth-order valence-corrected chi connectivity index (χ4v) is 3.91. The van der Waals surface area contributed by atoms with Crippen molar-refractivity contribution in [1.29, 1.82) is 0 Å². The number of thiophene rings is 1. The van der Waals surface area contributed by atoms with E-state index in [1.807, 2.05) is 5.38 Å². The Hall–Kier alpha value is -3.46. The third-order valence-corrected chi connectivity index (χ3v) is 5.57. The van der Waals surface area contributed by atoms with Gasteiger partial charge in [0.05, 0.1) is 22.5 Å². The molecule has 1 aromatic carbocycles. The van der Waals surface area contributed by atoms with Gasteiger partial charge in [0, 0.05) is 37.6 Å². The Morgan fingerprint density at radius 2 is 1.73 bits per heavy atom. The van der Waals surface area contributed by atoms with Crippen LogP contribution in [0.15, 0.2) is 51.7 Å². The number of carbonyl (C=O) groups excluding carboxylic acids is 3. The summed E-state index contributed by atoms with van der Waals surface area (Å²) in [5.41, 5.74) is 2.09. The van der Waals surface area contributed by atoms with Crippen LogP contribution in [0.1, 0.15) is 37.0 Å². The summed E-state index contributed by atoms with van der Waals surface area (Å²) in [6.45, 7) is 3.34. The predicted molar refractivity (Wildman–Crippen MR) is 112 cm³/mol. The lowest BCUT2D eigenvalue weighted by Crippen LogP contribution is -2.50. The molecule has 1 N–H and O–H groups in total. The number of hydrogen-bond acceptors (Lipinski definition) is 6. The van der Waals surface area contributed by atoms with Gasteiger partial charge in [-0.15, -0.1) is 0 Å². The lowest BCUT2D eigenvalue weighted by atomic mass is 10.1. The van der Waals surface area contributed by atoms with Crippen molar-refractivity contribution in [1.82, 2.24) is 15.0 Å². The first-order valence-corrected chi connectivity index (χ1v) is 10.4. The highest BCUT2D eigenvalue weighted by Crippen LogP contribution is 2.20. The van der Waals surface area contributed by atoms with E-state index in [0.29, 0.717) is 48.7 Å². The summed E-state index contributed by atoms with van der Waals surface area (Å²) >= 11 is 1.44. The quantitative estimate of drug-likeness (QED) is 0.695. The largest absolute Gasteiger partial charge is 0.351 e. The Bertz CT molecular complexity index is 1070. The third kappa shape index (κ3) is 4.11. The molecule has 154 valence electrons. The van der Waals surface area contributed by atoms with Gasteiger partial charge in [-0.2, -0.15) is 11.3 Å². The van der Waals surface area contributed by atoms with Gasteiger partial charge in [0.2, 0.25) is 5.76 Å². The normalized spacial score (nSPS) is 13.9. The molecule has 1 saturated heterocycles. The lowest BCUT2D eigenvalue weighted by Gasteiger charge is -2.34. The second-order valence-electron chi connectivity index (χ2n) is 6.93. The number of para-hydroxylation sites is 1. The number of nitrogens with one attached hydrogen (secondary N) is 1. The van der Waals surface area contributed by atoms with Gasteiger partial charge in [-0.3, -0.25) is 14.4 Å². The summed E-state index contributed by atoms with van der Waals surface area (Å²) in [6, 6.07) is 10.3. The molecule has 9 heteroatoms. The second-order valence-corrected chi connectivity index (χ2v) is 7.71. The van der Waals surface area contributed by atoms with Crippen LogP contribution in [0.25, 0.3) is 0 Å². The molecule has 3 amide bonds. The molecule has 1 aliphatic heterocycles. The van der Waals surface area contributed by atoms with Crippen molar-refractivity contribution in [2.24, 2.45) is 0 Å². The standard InChI is InChI=1S/C21H20N4O4S/c1-14-12-18(29-23-14)21(28)25-9-7-24(8-10-25)20(27)16-4-2-3-5-17(16)22-19(26)15-6-11-30-13-15/h2-6,11-13H,7-10H2,1H3,(H,22,26). The van der Waals surface area contributed by atoms with Crippen LogP contribution in [0.2, 0.25) is 0 Å². The first-order valence-electron chi connectivity index (χ1n) is 9.47. The smallest absolute Gasteiger partial charge is 0.292 e. The Labute approximate surface area is 177 Å². The molecule has 3 aromatic rings. The van der Waals surface area contributed by atoms with Gasteiger partial charge in [0.25, 0.3) is 17.7 Å². The summed E-state index contributed by atoms with van der Waals surface area (Å²) < 4.78 is 5.05. The highest BCUT2D eigenvalue weighted by molar-refractivity contribution is 7.08.